The van der Waals surface area contributed by atoms with Crippen LogP contribution in [0.25, 0.3) is 22.3 Å². The highest BCUT2D eigenvalue weighted by Crippen LogP contribution is 2.31. The molecule has 0 spiro atoms. The van der Waals surface area contributed by atoms with Crippen LogP contribution in [-0.4, -0.2) is 46.2 Å². The number of halogens is 2. The summed E-state index contributed by atoms with van der Waals surface area (Å²) in [5.41, 5.74) is 2.32. The zero-order chi connectivity index (χ0) is 29.3. The quantitative estimate of drug-likeness (QED) is 0.284. The first-order valence-corrected chi connectivity index (χ1v) is 14.2. The highest BCUT2D eigenvalue weighted by molar-refractivity contribution is 7.74. The highest BCUT2D eigenvalue weighted by Gasteiger charge is 2.26. The largest absolute Gasteiger partial charge is 0.439 e. The monoisotopic (exact) mass is 579 g/mol. The third-order valence-electron chi connectivity index (χ3n) is 6.71. The SMILES string of the molecule is Cc1cc(C(=O)NCc2cc3nc(-c4cccc(N5C[C@@H](C)O[C@@H](C)C5)n4)ccc3cn2)cc(C(F)(F)[S-](=N)=O)c1. The summed E-state index contributed by atoms with van der Waals surface area (Å²) in [5, 5.41) is -0.394. The van der Waals surface area contributed by atoms with Crippen molar-refractivity contribution in [2.45, 2.75) is 44.8 Å². The number of amides is 1. The van der Waals surface area contributed by atoms with Gasteiger partial charge in [-0.05, 0) is 68.8 Å². The zero-order valence-electron chi connectivity index (χ0n) is 22.7. The number of anilines is 1. The van der Waals surface area contributed by atoms with Gasteiger partial charge in [0.2, 0.25) is 5.25 Å². The average Bonchev–Trinajstić information content (AvgIpc) is 2.94. The van der Waals surface area contributed by atoms with Gasteiger partial charge in [-0.1, -0.05) is 12.1 Å². The van der Waals surface area contributed by atoms with E-state index in [-0.39, 0.29) is 24.3 Å². The van der Waals surface area contributed by atoms with E-state index in [1.54, 1.807) is 19.2 Å². The van der Waals surface area contributed by atoms with Gasteiger partial charge in [0.1, 0.15) is 5.82 Å². The number of alkyl halides is 2. The van der Waals surface area contributed by atoms with E-state index in [9.17, 15) is 17.8 Å². The van der Waals surface area contributed by atoms with Gasteiger partial charge in [0.25, 0.3) is 5.91 Å². The summed E-state index contributed by atoms with van der Waals surface area (Å²) in [4.78, 5) is 29.0. The topological polar surface area (TPSA) is 121 Å². The molecule has 0 radical (unpaired) electrons. The van der Waals surface area contributed by atoms with Crippen LogP contribution in [0.1, 0.15) is 41.0 Å². The number of pyridine rings is 3. The fourth-order valence-corrected chi connectivity index (χ4v) is 5.20. The molecule has 214 valence electrons. The number of carbonyl (C=O) groups is 1. The normalized spacial score (nSPS) is 17.7. The molecule has 1 aromatic carbocycles. The number of benzene rings is 1. The van der Waals surface area contributed by atoms with Gasteiger partial charge in [0.15, 0.2) is 0 Å². The minimum Gasteiger partial charge on any atom is -0.439 e. The molecule has 0 bridgehead atoms. The smallest absolute Gasteiger partial charge is 0.251 e. The summed E-state index contributed by atoms with van der Waals surface area (Å²) < 4.78 is 52.3. The number of rotatable bonds is 7. The minimum atomic E-state index is -3.89. The van der Waals surface area contributed by atoms with E-state index < -0.39 is 27.3 Å². The van der Waals surface area contributed by atoms with Crippen LogP contribution in [0.15, 0.2) is 60.8 Å². The number of aromatic nitrogens is 3. The summed E-state index contributed by atoms with van der Waals surface area (Å²) in [5.74, 6) is 0.258. The lowest BCUT2D eigenvalue weighted by atomic mass is 10.1. The Morgan fingerprint density at radius 1 is 1.10 bits per heavy atom. The standard InChI is InChI=1S/C29H29F2N6O3S/c1-17-9-21(11-22(10-17)29(30,31)41(32)39)28(38)34-14-23-12-26-20(13-33-23)7-8-25(35-26)24-5-4-6-27(36-24)37-15-18(2)40-19(3)16-37/h4-13,18-19,32H,14-16H2,1-3H3,(H,34,38)/q-1/t18-,19+. The second kappa shape index (κ2) is 11.5. The number of carbonyl (C=O) groups excluding carboxylic acids is 1. The van der Waals surface area contributed by atoms with Crippen LogP contribution >= 0.6 is 0 Å². The number of nitrogens with zero attached hydrogens (tertiary/aromatic N) is 4. The first kappa shape index (κ1) is 28.5. The molecule has 1 saturated heterocycles. The van der Waals surface area contributed by atoms with Gasteiger partial charge < -0.3 is 23.9 Å². The van der Waals surface area contributed by atoms with Crippen molar-refractivity contribution in [3.05, 3.63) is 83.2 Å². The van der Waals surface area contributed by atoms with Crippen LogP contribution < -0.4 is 10.2 Å². The van der Waals surface area contributed by atoms with E-state index in [2.05, 4.69) is 15.2 Å². The predicted octanol–water partition coefficient (Wildman–Crippen LogP) is 5.32. The van der Waals surface area contributed by atoms with Gasteiger partial charge in [-0.25, -0.2) is 18.7 Å². The molecule has 12 heteroatoms. The molecular weight excluding hydrogens is 550 g/mol. The maximum Gasteiger partial charge on any atom is 0.251 e. The van der Waals surface area contributed by atoms with Crippen molar-refractivity contribution in [3.8, 4) is 11.4 Å². The lowest BCUT2D eigenvalue weighted by molar-refractivity contribution is -0.00545. The van der Waals surface area contributed by atoms with Crippen molar-refractivity contribution in [1.29, 1.82) is 4.78 Å². The molecule has 2 N–H and O–H groups in total. The van der Waals surface area contributed by atoms with Crippen molar-refractivity contribution in [2.24, 2.45) is 0 Å². The van der Waals surface area contributed by atoms with Gasteiger partial charge >= 0.3 is 0 Å². The van der Waals surface area contributed by atoms with Gasteiger partial charge in [-0.15, -0.1) is 10.6 Å². The van der Waals surface area contributed by atoms with Crippen LogP contribution in [0.5, 0.6) is 0 Å². The van der Waals surface area contributed by atoms with E-state index in [4.69, 9.17) is 19.5 Å². The van der Waals surface area contributed by atoms with Crippen LogP contribution in [0.2, 0.25) is 0 Å². The Morgan fingerprint density at radius 2 is 1.83 bits per heavy atom. The van der Waals surface area contributed by atoms with E-state index in [1.807, 2.05) is 44.2 Å². The molecule has 5 rings (SSSR count). The van der Waals surface area contributed by atoms with Crippen LogP contribution in [-0.2, 0) is 31.3 Å². The molecule has 0 unspecified atom stereocenters. The molecular formula is C29H29F2N6O3S-. The van der Waals surface area contributed by atoms with Crippen molar-refractivity contribution < 1.29 is 22.5 Å². The first-order valence-electron chi connectivity index (χ1n) is 13.0. The van der Waals surface area contributed by atoms with Gasteiger partial charge in [0.05, 0.1) is 41.4 Å². The Kier molecular flexibility index (Phi) is 7.96. The van der Waals surface area contributed by atoms with Crippen molar-refractivity contribution in [2.75, 3.05) is 18.0 Å². The summed E-state index contributed by atoms with van der Waals surface area (Å²) in [6, 6.07) is 14.9. The molecule has 0 saturated carbocycles. The third-order valence-corrected chi connectivity index (χ3v) is 7.41. The number of ether oxygens (including phenoxy) is 1. The summed E-state index contributed by atoms with van der Waals surface area (Å²) >= 11 is 0. The molecule has 9 nitrogen and oxygen atoms in total. The molecule has 1 aliphatic rings. The molecule has 4 heterocycles. The van der Waals surface area contributed by atoms with Gasteiger partial charge in [-0.2, -0.15) is 0 Å². The fourth-order valence-electron chi connectivity index (χ4n) is 4.87. The molecule has 41 heavy (non-hydrogen) atoms. The van der Waals surface area contributed by atoms with E-state index in [1.165, 1.54) is 6.07 Å². The van der Waals surface area contributed by atoms with Crippen LogP contribution in [0.4, 0.5) is 14.6 Å². The van der Waals surface area contributed by atoms with Gasteiger partial charge in [0, 0.05) is 35.8 Å². The second-order valence-corrected chi connectivity index (χ2v) is 11.2. The Bertz CT molecular complexity index is 1680. The van der Waals surface area contributed by atoms with Crippen LogP contribution in [0.3, 0.4) is 0 Å². The van der Waals surface area contributed by atoms with E-state index in [0.717, 1.165) is 42.1 Å². The predicted molar refractivity (Wildman–Crippen MR) is 152 cm³/mol. The number of nitrogens with one attached hydrogen (secondary N) is 2. The second-order valence-electron chi connectivity index (χ2n) is 10.2. The Morgan fingerprint density at radius 3 is 2.56 bits per heavy atom. The van der Waals surface area contributed by atoms with Crippen molar-refractivity contribution in [3.63, 3.8) is 0 Å². The number of fused-ring (bicyclic) bond motifs is 1. The van der Waals surface area contributed by atoms with E-state index in [0.29, 0.717) is 22.5 Å². The lowest BCUT2D eigenvalue weighted by Crippen LogP contribution is -2.45. The minimum absolute atomic E-state index is 0.0265. The average molecular weight is 580 g/mol. The number of hydrogen-bond acceptors (Lipinski definition) is 9. The maximum absolute atomic E-state index is 14.2. The third kappa shape index (κ3) is 6.33. The van der Waals surface area contributed by atoms with Crippen molar-refractivity contribution >= 4 is 33.2 Å². The lowest BCUT2D eigenvalue weighted by Gasteiger charge is -2.36. The molecule has 3 aromatic heterocycles. The molecule has 1 aliphatic heterocycles. The maximum atomic E-state index is 14.2. The molecule has 4 aromatic rings. The van der Waals surface area contributed by atoms with Gasteiger partial charge in [-0.3, -0.25) is 9.78 Å². The zero-order valence-corrected chi connectivity index (χ0v) is 23.5. The number of hydrogen-bond donors (Lipinski definition) is 2. The van der Waals surface area contributed by atoms with Crippen LogP contribution in [0, 0.1) is 11.7 Å². The molecule has 0 aliphatic carbocycles. The summed E-state index contributed by atoms with van der Waals surface area (Å²) in [7, 11) is -3.17. The summed E-state index contributed by atoms with van der Waals surface area (Å²) in [6.07, 6.45) is 1.87. The first-order chi connectivity index (χ1) is 19.5. The fraction of sp³-hybridized carbons (Fsp3) is 0.310. The molecule has 1 fully saturated rings. The molecule has 2 atom stereocenters. The Labute approximate surface area is 238 Å². The number of aryl methyl sites for hydroxylation is 1. The Hall–Kier alpha value is -4.03. The highest BCUT2D eigenvalue weighted by atomic mass is 32.2. The number of morpholine rings is 1. The Balaban J connectivity index is 1.34. The van der Waals surface area contributed by atoms with Crippen molar-refractivity contribution in [1.82, 2.24) is 20.3 Å². The van der Waals surface area contributed by atoms with E-state index >= 15 is 0 Å². The summed E-state index contributed by atoms with van der Waals surface area (Å²) in [6.45, 7) is 7.18. The molecule has 1 amide bonds.